The Hall–Kier alpha value is -0.930. The van der Waals surface area contributed by atoms with Crippen molar-refractivity contribution in [3.05, 3.63) is 29.6 Å². The van der Waals surface area contributed by atoms with Crippen molar-refractivity contribution in [2.45, 2.75) is 59.2 Å². The van der Waals surface area contributed by atoms with Crippen molar-refractivity contribution in [3.8, 4) is 0 Å². The van der Waals surface area contributed by atoms with E-state index >= 15 is 0 Å². The average Bonchev–Trinajstić information content (AvgIpc) is 2.37. The molecule has 0 aromatic carbocycles. The first-order valence-corrected chi connectivity index (χ1v) is 7.83. The molecule has 1 aliphatic rings. The van der Waals surface area contributed by atoms with Crippen molar-refractivity contribution >= 4 is 0 Å². The molecular weight excluding hydrogens is 246 g/mol. The van der Waals surface area contributed by atoms with Gasteiger partial charge in [-0.3, -0.25) is 9.88 Å². The maximum Gasteiger partial charge on any atom is 0.0544 e. The molecule has 0 amide bonds. The van der Waals surface area contributed by atoms with Gasteiger partial charge in [-0.2, -0.15) is 0 Å². The summed E-state index contributed by atoms with van der Waals surface area (Å²) >= 11 is 0. The van der Waals surface area contributed by atoms with E-state index in [-0.39, 0.29) is 5.54 Å². The highest BCUT2D eigenvalue weighted by Gasteiger charge is 2.16. The lowest BCUT2D eigenvalue weighted by molar-refractivity contribution is 0.175. The van der Waals surface area contributed by atoms with Gasteiger partial charge in [-0.25, -0.2) is 0 Å². The highest BCUT2D eigenvalue weighted by atomic mass is 15.1. The SMILES string of the molecule is CC1CCCN(Cc2ccc(CNC(C)(C)C)cn2)C1. The van der Waals surface area contributed by atoms with Crippen molar-refractivity contribution in [1.82, 2.24) is 15.2 Å². The summed E-state index contributed by atoms with van der Waals surface area (Å²) in [6.07, 6.45) is 4.72. The molecule has 1 N–H and O–H groups in total. The van der Waals surface area contributed by atoms with E-state index in [9.17, 15) is 0 Å². The minimum atomic E-state index is 0.155. The smallest absolute Gasteiger partial charge is 0.0544 e. The molecule has 1 saturated heterocycles. The molecule has 20 heavy (non-hydrogen) atoms. The number of nitrogens with zero attached hydrogens (tertiary/aromatic N) is 2. The molecule has 3 heteroatoms. The van der Waals surface area contributed by atoms with Gasteiger partial charge >= 0.3 is 0 Å². The molecule has 0 radical (unpaired) electrons. The van der Waals surface area contributed by atoms with E-state index in [1.165, 1.54) is 37.2 Å². The Morgan fingerprint density at radius 2 is 2.15 bits per heavy atom. The van der Waals surface area contributed by atoms with Crippen LogP contribution in [0.1, 0.15) is 51.8 Å². The first-order chi connectivity index (χ1) is 9.42. The van der Waals surface area contributed by atoms with Crippen LogP contribution in [0.15, 0.2) is 18.3 Å². The van der Waals surface area contributed by atoms with Crippen molar-refractivity contribution in [2.24, 2.45) is 5.92 Å². The number of piperidine rings is 1. The number of pyridine rings is 1. The van der Waals surface area contributed by atoms with Crippen molar-refractivity contribution in [2.75, 3.05) is 13.1 Å². The van der Waals surface area contributed by atoms with E-state index in [1.54, 1.807) is 0 Å². The Bertz CT molecular complexity index is 405. The molecule has 1 atom stereocenters. The van der Waals surface area contributed by atoms with Gasteiger partial charge in [-0.15, -0.1) is 0 Å². The second-order valence-corrected chi connectivity index (χ2v) is 7.24. The molecule has 1 fully saturated rings. The molecule has 0 bridgehead atoms. The number of hydrogen-bond acceptors (Lipinski definition) is 3. The maximum absolute atomic E-state index is 4.62. The van der Waals surface area contributed by atoms with E-state index in [0.717, 1.165) is 19.0 Å². The highest BCUT2D eigenvalue weighted by Crippen LogP contribution is 2.17. The normalized spacial score (nSPS) is 21.1. The Balaban J connectivity index is 1.85. The third kappa shape index (κ3) is 5.22. The Morgan fingerprint density at radius 1 is 1.35 bits per heavy atom. The molecule has 1 aromatic rings. The second-order valence-electron chi connectivity index (χ2n) is 7.24. The van der Waals surface area contributed by atoms with Crippen molar-refractivity contribution in [1.29, 1.82) is 0 Å². The molecular formula is C17H29N3. The summed E-state index contributed by atoms with van der Waals surface area (Å²) in [6.45, 7) is 13.2. The average molecular weight is 275 g/mol. The largest absolute Gasteiger partial charge is 0.308 e. The summed E-state index contributed by atoms with van der Waals surface area (Å²) in [4.78, 5) is 7.15. The van der Waals surface area contributed by atoms with Crippen molar-refractivity contribution in [3.63, 3.8) is 0 Å². The van der Waals surface area contributed by atoms with Crippen molar-refractivity contribution < 1.29 is 0 Å². The van der Waals surface area contributed by atoms with E-state index in [4.69, 9.17) is 0 Å². The molecule has 3 nitrogen and oxygen atoms in total. The number of likely N-dealkylation sites (tertiary alicyclic amines) is 1. The summed E-state index contributed by atoms with van der Waals surface area (Å²) in [7, 11) is 0. The quantitative estimate of drug-likeness (QED) is 0.914. The highest BCUT2D eigenvalue weighted by molar-refractivity contribution is 5.14. The lowest BCUT2D eigenvalue weighted by Crippen LogP contribution is -2.35. The zero-order valence-electron chi connectivity index (χ0n) is 13.4. The third-order valence-electron chi connectivity index (χ3n) is 3.84. The van der Waals surface area contributed by atoms with Gasteiger partial charge in [0.1, 0.15) is 0 Å². The first-order valence-electron chi connectivity index (χ1n) is 7.83. The molecule has 0 spiro atoms. The monoisotopic (exact) mass is 275 g/mol. The van der Waals surface area contributed by atoms with Crippen LogP contribution in [-0.4, -0.2) is 28.5 Å². The molecule has 0 saturated carbocycles. The van der Waals surface area contributed by atoms with E-state index in [1.807, 2.05) is 6.20 Å². The molecule has 112 valence electrons. The molecule has 1 unspecified atom stereocenters. The fraction of sp³-hybridized carbons (Fsp3) is 0.706. The summed E-state index contributed by atoms with van der Waals surface area (Å²) in [6, 6.07) is 4.38. The maximum atomic E-state index is 4.62. The predicted molar refractivity (Wildman–Crippen MR) is 84.5 cm³/mol. The van der Waals surface area contributed by atoms with Crippen LogP contribution in [0.3, 0.4) is 0 Å². The fourth-order valence-electron chi connectivity index (χ4n) is 2.68. The zero-order valence-corrected chi connectivity index (χ0v) is 13.4. The van der Waals surface area contributed by atoms with Gasteiger partial charge in [-0.1, -0.05) is 13.0 Å². The van der Waals surface area contributed by atoms with Gasteiger partial charge in [0.25, 0.3) is 0 Å². The number of nitrogens with one attached hydrogen (secondary N) is 1. The van der Waals surface area contributed by atoms with Gasteiger partial charge in [0.15, 0.2) is 0 Å². The van der Waals surface area contributed by atoms with Crippen LogP contribution in [-0.2, 0) is 13.1 Å². The van der Waals surface area contributed by atoms with Gasteiger partial charge < -0.3 is 5.32 Å². The second kappa shape index (κ2) is 6.68. The van der Waals surface area contributed by atoms with E-state index < -0.39 is 0 Å². The van der Waals surface area contributed by atoms with Crippen LogP contribution < -0.4 is 5.32 Å². The number of hydrogen-bond donors (Lipinski definition) is 1. The third-order valence-corrected chi connectivity index (χ3v) is 3.84. The Kier molecular flexibility index (Phi) is 5.17. The number of rotatable bonds is 4. The zero-order chi connectivity index (χ0) is 14.6. The van der Waals surface area contributed by atoms with E-state index in [2.05, 4.69) is 55.0 Å². The summed E-state index contributed by atoms with van der Waals surface area (Å²) in [5.41, 5.74) is 2.61. The van der Waals surface area contributed by atoms with E-state index in [0.29, 0.717) is 0 Å². The predicted octanol–water partition coefficient (Wildman–Crippen LogP) is 3.20. The standard InChI is InChI=1S/C17H29N3/c1-14-6-5-9-20(12-14)13-16-8-7-15(10-18-16)11-19-17(2,3)4/h7-8,10,14,19H,5-6,9,11-13H2,1-4H3. The molecule has 2 rings (SSSR count). The van der Waals surface area contributed by atoms with Crippen LogP contribution >= 0.6 is 0 Å². The minimum Gasteiger partial charge on any atom is -0.308 e. The van der Waals surface area contributed by atoms with Gasteiger partial charge in [0, 0.05) is 31.4 Å². The van der Waals surface area contributed by atoms with Crippen LogP contribution in [0.4, 0.5) is 0 Å². The summed E-state index contributed by atoms with van der Waals surface area (Å²) in [5, 5.41) is 3.49. The molecule has 1 aromatic heterocycles. The molecule has 2 heterocycles. The van der Waals surface area contributed by atoms with Crippen LogP contribution in [0.5, 0.6) is 0 Å². The summed E-state index contributed by atoms with van der Waals surface area (Å²) in [5.74, 6) is 0.832. The topological polar surface area (TPSA) is 28.2 Å². The minimum absolute atomic E-state index is 0.155. The van der Waals surface area contributed by atoms with Crippen LogP contribution in [0, 0.1) is 5.92 Å². The lowest BCUT2D eigenvalue weighted by Gasteiger charge is -2.30. The lowest BCUT2D eigenvalue weighted by atomic mass is 10.0. The fourth-order valence-corrected chi connectivity index (χ4v) is 2.68. The van der Waals surface area contributed by atoms with Crippen LogP contribution in [0.2, 0.25) is 0 Å². The van der Waals surface area contributed by atoms with Crippen LogP contribution in [0.25, 0.3) is 0 Å². The number of aromatic nitrogens is 1. The molecule has 0 aliphatic carbocycles. The van der Waals surface area contributed by atoms with Gasteiger partial charge in [0.05, 0.1) is 5.69 Å². The Labute approximate surface area is 123 Å². The summed E-state index contributed by atoms with van der Waals surface area (Å²) < 4.78 is 0. The first kappa shape index (κ1) is 15.5. The van der Waals surface area contributed by atoms with Gasteiger partial charge in [-0.05, 0) is 57.7 Å². The molecule has 1 aliphatic heterocycles. The van der Waals surface area contributed by atoms with Gasteiger partial charge in [0.2, 0.25) is 0 Å². The Morgan fingerprint density at radius 3 is 2.75 bits per heavy atom.